The molecule has 2 aromatic carbocycles. The van der Waals surface area contributed by atoms with E-state index in [0.29, 0.717) is 28.0 Å². The minimum Gasteiger partial charge on any atom is -0.434 e. The van der Waals surface area contributed by atoms with Crippen LogP contribution in [0.15, 0.2) is 84.6 Å². The van der Waals surface area contributed by atoms with Gasteiger partial charge in [0.2, 0.25) is 5.88 Å². The number of carbonyl (C=O) groups excluding carboxylic acids is 1. The van der Waals surface area contributed by atoms with Gasteiger partial charge in [-0.05, 0) is 49.4 Å². The van der Waals surface area contributed by atoms with Crippen molar-refractivity contribution in [2.45, 2.75) is 6.92 Å². The molecule has 41 heavy (non-hydrogen) atoms. The summed E-state index contributed by atoms with van der Waals surface area (Å²) in [5, 5.41) is 6.73. The van der Waals surface area contributed by atoms with E-state index in [2.05, 4.69) is 25.4 Å². The van der Waals surface area contributed by atoms with Crippen molar-refractivity contribution in [2.75, 3.05) is 5.32 Å². The molecule has 13 heteroatoms. The Morgan fingerprint density at radius 2 is 1.76 bits per heavy atom. The first kappa shape index (κ1) is 25.6. The van der Waals surface area contributed by atoms with Crippen LogP contribution in [-0.2, 0) is 7.05 Å². The zero-order valence-corrected chi connectivity index (χ0v) is 21.6. The number of benzene rings is 2. The lowest BCUT2D eigenvalue weighted by atomic mass is 10.1. The fourth-order valence-corrected chi connectivity index (χ4v) is 4.47. The number of nitrogens with one attached hydrogen (secondary N) is 1. The van der Waals surface area contributed by atoms with Gasteiger partial charge in [0.25, 0.3) is 11.5 Å². The molecule has 0 saturated heterocycles. The fraction of sp³-hybridized carbons (Fsp3) is 0.0714. The smallest absolute Gasteiger partial charge is 0.284 e. The Morgan fingerprint density at radius 1 is 1.00 bits per heavy atom. The lowest BCUT2D eigenvalue weighted by Crippen LogP contribution is -2.25. The number of carbonyl (C=O) groups is 1. The lowest BCUT2D eigenvalue weighted by Gasteiger charge is -2.10. The Kier molecular flexibility index (Phi) is 6.30. The van der Waals surface area contributed by atoms with Gasteiger partial charge < -0.3 is 10.1 Å². The van der Waals surface area contributed by atoms with Gasteiger partial charge in [-0.15, -0.1) is 0 Å². The van der Waals surface area contributed by atoms with Crippen LogP contribution >= 0.6 is 0 Å². The summed E-state index contributed by atoms with van der Waals surface area (Å²) in [7, 11) is 1.61. The maximum Gasteiger partial charge on any atom is 0.284 e. The second kappa shape index (κ2) is 10.1. The number of anilines is 1. The molecule has 6 rings (SSSR count). The Hall–Kier alpha value is -5.72. The maximum absolute atomic E-state index is 15.2. The molecule has 1 amide bonds. The molecule has 0 aliphatic heterocycles. The quantitative estimate of drug-likeness (QED) is 0.326. The molecule has 0 aliphatic carbocycles. The second-order valence-corrected chi connectivity index (χ2v) is 8.99. The van der Waals surface area contributed by atoms with E-state index in [1.807, 2.05) is 0 Å². The predicted molar refractivity (Wildman–Crippen MR) is 144 cm³/mol. The monoisotopic (exact) mass is 554 g/mol. The molecule has 0 fully saturated rings. The average Bonchev–Trinajstić information content (AvgIpc) is 3.50. The molecule has 0 saturated carbocycles. The van der Waals surface area contributed by atoms with E-state index in [9.17, 15) is 14.0 Å². The summed E-state index contributed by atoms with van der Waals surface area (Å²) in [5.74, 6) is -2.00. The molecule has 11 nitrogen and oxygen atoms in total. The highest BCUT2D eigenvalue weighted by Crippen LogP contribution is 2.33. The van der Waals surface area contributed by atoms with Gasteiger partial charge in [0, 0.05) is 48.5 Å². The van der Waals surface area contributed by atoms with Crippen LogP contribution in [0.2, 0.25) is 0 Å². The summed E-state index contributed by atoms with van der Waals surface area (Å²) in [4.78, 5) is 38.5. The van der Waals surface area contributed by atoms with Crippen LogP contribution in [0.5, 0.6) is 11.6 Å². The van der Waals surface area contributed by atoms with E-state index in [1.54, 1.807) is 38.6 Å². The summed E-state index contributed by atoms with van der Waals surface area (Å²) in [6.07, 6.45) is 7.64. The molecule has 0 spiro atoms. The molecular weight excluding hydrogens is 534 g/mol. The third-order valence-electron chi connectivity index (χ3n) is 6.54. The first-order chi connectivity index (χ1) is 19.8. The van der Waals surface area contributed by atoms with Gasteiger partial charge in [-0.1, -0.05) is 0 Å². The number of nitrogens with zero attached hydrogens (tertiary/aromatic N) is 7. The van der Waals surface area contributed by atoms with E-state index in [0.717, 1.165) is 6.07 Å². The highest BCUT2D eigenvalue weighted by molar-refractivity contribution is 6.05. The third-order valence-corrected chi connectivity index (χ3v) is 6.54. The van der Waals surface area contributed by atoms with Crippen LogP contribution in [-0.4, -0.2) is 39.8 Å². The van der Waals surface area contributed by atoms with Gasteiger partial charge >= 0.3 is 0 Å². The SMILES string of the molecule is Cc1c(C(=O)Nc2ccc(Oc3ncnn4ccc(-c5cncnc5)c34)c(F)c2)c(=O)n(-c2ccc(F)cc2)n1C. The molecule has 204 valence electrons. The second-order valence-electron chi connectivity index (χ2n) is 8.99. The van der Waals surface area contributed by atoms with Crippen LogP contribution in [0, 0.1) is 18.6 Å². The van der Waals surface area contributed by atoms with Crippen molar-refractivity contribution in [3.63, 3.8) is 0 Å². The van der Waals surface area contributed by atoms with E-state index in [4.69, 9.17) is 4.74 Å². The van der Waals surface area contributed by atoms with Crippen molar-refractivity contribution in [1.82, 2.24) is 33.9 Å². The Morgan fingerprint density at radius 3 is 2.49 bits per heavy atom. The van der Waals surface area contributed by atoms with E-state index in [-0.39, 0.29) is 22.9 Å². The number of halogens is 2. The summed E-state index contributed by atoms with van der Waals surface area (Å²) in [6, 6.07) is 10.9. The Labute approximate surface area is 230 Å². The molecule has 0 aliphatic rings. The van der Waals surface area contributed by atoms with E-state index in [1.165, 1.54) is 62.9 Å². The van der Waals surface area contributed by atoms with Gasteiger partial charge in [-0.2, -0.15) is 10.1 Å². The van der Waals surface area contributed by atoms with Crippen molar-refractivity contribution in [1.29, 1.82) is 0 Å². The van der Waals surface area contributed by atoms with Crippen LogP contribution in [0.1, 0.15) is 16.1 Å². The molecule has 0 atom stereocenters. The van der Waals surface area contributed by atoms with Gasteiger partial charge in [-0.25, -0.2) is 27.9 Å². The maximum atomic E-state index is 15.2. The van der Waals surface area contributed by atoms with Crippen molar-refractivity contribution in [2.24, 2.45) is 7.05 Å². The van der Waals surface area contributed by atoms with E-state index < -0.39 is 23.1 Å². The summed E-state index contributed by atoms with van der Waals surface area (Å²) in [5.41, 5.74) is 2.00. The Balaban J connectivity index is 1.27. The zero-order chi connectivity index (χ0) is 28.7. The molecule has 1 N–H and O–H groups in total. The highest BCUT2D eigenvalue weighted by atomic mass is 19.1. The largest absolute Gasteiger partial charge is 0.434 e. The number of rotatable bonds is 6. The number of amides is 1. The van der Waals surface area contributed by atoms with Crippen molar-refractivity contribution < 1.29 is 18.3 Å². The topological polar surface area (TPSA) is 121 Å². The molecule has 0 bridgehead atoms. The number of aromatic nitrogens is 7. The van der Waals surface area contributed by atoms with Gasteiger partial charge in [0.05, 0.1) is 11.4 Å². The fourth-order valence-electron chi connectivity index (χ4n) is 4.47. The third kappa shape index (κ3) is 4.58. The normalized spacial score (nSPS) is 11.1. The standard InChI is InChI=1S/C28H20F2N8O3/c1-16-24(28(40)38(36(16)2)20-6-3-18(29)4-7-20)26(39)35-19-5-8-23(22(30)11-19)41-27-25-21(17-12-31-14-32-13-17)9-10-37(25)34-15-33-27/h3-15H,1-2H3,(H,35,39). The number of hydrogen-bond donors (Lipinski definition) is 1. The van der Waals surface area contributed by atoms with Crippen LogP contribution in [0.25, 0.3) is 22.3 Å². The van der Waals surface area contributed by atoms with Crippen LogP contribution in [0.4, 0.5) is 14.5 Å². The molecular formula is C28H20F2N8O3. The highest BCUT2D eigenvalue weighted by Gasteiger charge is 2.23. The molecule has 0 unspecified atom stereocenters. The predicted octanol–water partition coefficient (Wildman–Crippen LogP) is 4.31. The summed E-state index contributed by atoms with van der Waals surface area (Å²) < 4.78 is 38.6. The number of fused-ring (bicyclic) bond motifs is 1. The number of ether oxygens (including phenoxy) is 1. The molecule has 0 radical (unpaired) electrons. The molecule has 4 heterocycles. The summed E-state index contributed by atoms with van der Waals surface area (Å²) >= 11 is 0. The zero-order valence-electron chi connectivity index (χ0n) is 21.6. The lowest BCUT2D eigenvalue weighted by molar-refractivity contribution is 0.102. The van der Waals surface area contributed by atoms with Gasteiger partial charge in [-0.3, -0.25) is 14.3 Å². The first-order valence-corrected chi connectivity index (χ1v) is 12.2. The molecule has 4 aromatic heterocycles. The van der Waals surface area contributed by atoms with E-state index >= 15 is 4.39 Å². The number of hydrogen-bond acceptors (Lipinski definition) is 7. The minimum atomic E-state index is -0.774. The molecule has 6 aromatic rings. The van der Waals surface area contributed by atoms with Gasteiger partial charge in [0.15, 0.2) is 11.6 Å². The summed E-state index contributed by atoms with van der Waals surface area (Å²) in [6.45, 7) is 1.60. The Bertz CT molecular complexity index is 1980. The van der Waals surface area contributed by atoms with Crippen molar-refractivity contribution in [3.8, 4) is 28.4 Å². The van der Waals surface area contributed by atoms with Crippen LogP contribution < -0.4 is 15.6 Å². The van der Waals surface area contributed by atoms with Crippen molar-refractivity contribution >= 4 is 17.1 Å². The minimum absolute atomic E-state index is 0.0980. The van der Waals surface area contributed by atoms with Gasteiger partial charge in [0.1, 0.15) is 29.6 Å². The van der Waals surface area contributed by atoms with Crippen molar-refractivity contribution in [3.05, 3.63) is 113 Å². The first-order valence-electron chi connectivity index (χ1n) is 12.2. The average molecular weight is 555 g/mol. The van der Waals surface area contributed by atoms with Crippen LogP contribution in [0.3, 0.4) is 0 Å².